The Hall–Kier alpha value is -2.45. The molecule has 1 N–H and O–H groups in total. The van der Waals surface area contributed by atoms with Crippen molar-refractivity contribution in [2.75, 3.05) is 0 Å². The van der Waals surface area contributed by atoms with Crippen LogP contribution in [-0.2, 0) is 16.6 Å². The molecule has 0 spiro atoms. The van der Waals surface area contributed by atoms with E-state index in [1.54, 1.807) is 10.7 Å². The summed E-state index contributed by atoms with van der Waals surface area (Å²) in [5.74, 6) is 0. The van der Waals surface area contributed by atoms with Crippen LogP contribution in [0.25, 0.3) is 16.9 Å². The van der Waals surface area contributed by atoms with Crippen LogP contribution >= 0.6 is 22.9 Å². The highest BCUT2D eigenvalue weighted by molar-refractivity contribution is 7.91. The molecule has 0 unspecified atom stereocenters. The molecule has 4 aromatic rings. The molecule has 4 rings (SSSR count). The second-order valence-corrected chi connectivity index (χ2v) is 9.74. The summed E-state index contributed by atoms with van der Waals surface area (Å²) in [4.78, 5) is 0. The minimum Gasteiger partial charge on any atom is -0.240 e. The molecule has 0 aliphatic rings. The molecule has 0 aliphatic carbocycles. The van der Waals surface area contributed by atoms with Crippen LogP contribution in [0.4, 0.5) is 0 Å². The summed E-state index contributed by atoms with van der Waals surface area (Å²) in [5.41, 5.74) is 3.34. The molecule has 142 valence electrons. The Balaban J connectivity index is 1.68. The maximum Gasteiger partial charge on any atom is 0.250 e. The van der Waals surface area contributed by atoms with Crippen LogP contribution in [0.5, 0.6) is 0 Å². The zero-order valence-corrected chi connectivity index (χ0v) is 17.0. The molecule has 2 heterocycles. The van der Waals surface area contributed by atoms with Crippen molar-refractivity contribution in [1.29, 1.82) is 0 Å². The van der Waals surface area contributed by atoms with Gasteiger partial charge < -0.3 is 0 Å². The van der Waals surface area contributed by atoms with Gasteiger partial charge in [-0.1, -0.05) is 60.1 Å². The van der Waals surface area contributed by atoms with Crippen LogP contribution in [0.3, 0.4) is 0 Å². The minimum atomic E-state index is -3.64. The van der Waals surface area contributed by atoms with E-state index < -0.39 is 10.0 Å². The topological polar surface area (TPSA) is 64.0 Å². The first-order valence-corrected chi connectivity index (χ1v) is 11.1. The highest BCUT2D eigenvalue weighted by Crippen LogP contribution is 2.27. The van der Waals surface area contributed by atoms with E-state index in [4.69, 9.17) is 16.7 Å². The van der Waals surface area contributed by atoms with Crippen molar-refractivity contribution in [2.45, 2.75) is 10.8 Å². The van der Waals surface area contributed by atoms with Crippen LogP contribution in [0.15, 0.2) is 83.2 Å². The number of nitrogens with zero attached hydrogens (tertiary/aromatic N) is 2. The van der Waals surface area contributed by atoms with Gasteiger partial charge in [-0.25, -0.2) is 17.8 Å². The van der Waals surface area contributed by atoms with Gasteiger partial charge in [-0.3, -0.25) is 0 Å². The van der Waals surface area contributed by atoms with Gasteiger partial charge in [0.1, 0.15) is 4.21 Å². The number of thiophene rings is 1. The predicted molar refractivity (Wildman–Crippen MR) is 112 cm³/mol. The number of hydrogen-bond donors (Lipinski definition) is 1. The standard InChI is InChI=1S/C20H16ClN3O2S2/c21-18-11-12-19(27-18)28(25,26)22-13-16-14-24(17-9-5-2-6-10-17)23-20(16)15-7-3-1-4-8-15/h1-12,14,22H,13H2. The van der Waals surface area contributed by atoms with Crippen LogP contribution in [0.2, 0.25) is 4.34 Å². The van der Waals surface area contributed by atoms with Crippen molar-refractivity contribution >= 4 is 33.0 Å². The van der Waals surface area contributed by atoms with Gasteiger partial charge in [-0.15, -0.1) is 11.3 Å². The molecule has 0 atom stereocenters. The maximum atomic E-state index is 12.6. The Morgan fingerprint density at radius 2 is 1.64 bits per heavy atom. The van der Waals surface area contributed by atoms with E-state index in [9.17, 15) is 8.42 Å². The molecule has 2 aromatic carbocycles. The molecule has 0 radical (unpaired) electrons. The Morgan fingerprint density at radius 1 is 0.964 bits per heavy atom. The summed E-state index contributed by atoms with van der Waals surface area (Å²) < 4.78 is 30.1. The third-order valence-electron chi connectivity index (χ3n) is 4.12. The van der Waals surface area contributed by atoms with Gasteiger partial charge in [0.25, 0.3) is 0 Å². The molecular formula is C20H16ClN3O2S2. The summed E-state index contributed by atoms with van der Waals surface area (Å²) in [6, 6.07) is 22.5. The van der Waals surface area contributed by atoms with Crippen molar-refractivity contribution in [1.82, 2.24) is 14.5 Å². The molecule has 2 aromatic heterocycles. The molecule has 0 aliphatic heterocycles. The van der Waals surface area contributed by atoms with Crippen molar-refractivity contribution < 1.29 is 8.42 Å². The van der Waals surface area contributed by atoms with Crippen LogP contribution in [0, 0.1) is 0 Å². The second-order valence-electron chi connectivity index (χ2n) is 6.03. The number of hydrogen-bond acceptors (Lipinski definition) is 4. The van der Waals surface area contributed by atoms with E-state index in [0.717, 1.165) is 33.8 Å². The maximum absolute atomic E-state index is 12.6. The third-order valence-corrected chi connectivity index (χ3v) is 7.25. The van der Waals surface area contributed by atoms with E-state index in [0.29, 0.717) is 4.34 Å². The Kier molecular flexibility index (Phi) is 5.32. The normalized spacial score (nSPS) is 11.6. The highest BCUT2D eigenvalue weighted by atomic mass is 35.5. The van der Waals surface area contributed by atoms with Crippen molar-refractivity contribution in [2.24, 2.45) is 0 Å². The molecule has 5 nitrogen and oxygen atoms in total. The van der Waals surface area contributed by atoms with Crippen LogP contribution < -0.4 is 4.72 Å². The van der Waals surface area contributed by atoms with E-state index in [2.05, 4.69) is 4.72 Å². The van der Waals surface area contributed by atoms with Gasteiger partial charge in [-0.2, -0.15) is 5.10 Å². The van der Waals surface area contributed by atoms with Crippen LogP contribution in [0.1, 0.15) is 5.56 Å². The van der Waals surface area contributed by atoms with Gasteiger partial charge >= 0.3 is 0 Å². The SMILES string of the molecule is O=S(=O)(NCc1cn(-c2ccccc2)nc1-c1ccccc1)c1ccc(Cl)s1. The summed E-state index contributed by atoms with van der Waals surface area (Å²) in [5, 5.41) is 4.69. The van der Waals surface area contributed by atoms with Gasteiger partial charge in [0.05, 0.1) is 15.7 Å². The lowest BCUT2D eigenvalue weighted by Gasteiger charge is -2.05. The fraction of sp³-hybridized carbons (Fsp3) is 0.0500. The summed E-state index contributed by atoms with van der Waals surface area (Å²) in [6.07, 6.45) is 1.85. The van der Waals surface area contributed by atoms with Gasteiger partial charge in [0.15, 0.2) is 0 Å². The predicted octanol–water partition coefficient (Wildman–Crippen LogP) is 4.73. The molecule has 0 saturated heterocycles. The summed E-state index contributed by atoms with van der Waals surface area (Å²) >= 11 is 6.90. The molecular weight excluding hydrogens is 414 g/mol. The summed E-state index contributed by atoms with van der Waals surface area (Å²) in [6.45, 7) is 0.120. The third kappa shape index (κ3) is 4.02. The fourth-order valence-corrected chi connectivity index (χ4v) is 5.31. The minimum absolute atomic E-state index is 0.120. The zero-order chi connectivity index (χ0) is 19.6. The van der Waals surface area contributed by atoms with Gasteiger partial charge in [0, 0.05) is 23.9 Å². The van der Waals surface area contributed by atoms with Crippen LogP contribution in [-0.4, -0.2) is 18.2 Å². The molecule has 0 amide bonds. The number of nitrogens with one attached hydrogen (secondary N) is 1. The number of rotatable bonds is 6. The highest BCUT2D eigenvalue weighted by Gasteiger charge is 2.19. The van der Waals surface area contributed by atoms with Crippen molar-refractivity contribution in [3.05, 3.63) is 88.9 Å². The monoisotopic (exact) mass is 429 g/mol. The van der Waals surface area contributed by atoms with Gasteiger partial charge in [0.2, 0.25) is 10.0 Å². The number of benzene rings is 2. The van der Waals surface area contributed by atoms with Gasteiger partial charge in [-0.05, 0) is 24.3 Å². The largest absolute Gasteiger partial charge is 0.250 e. The quantitative estimate of drug-likeness (QED) is 0.481. The van der Waals surface area contributed by atoms with E-state index in [1.165, 1.54) is 6.07 Å². The van der Waals surface area contributed by atoms with E-state index in [-0.39, 0.29) is 10.8 Å². The molecule has 8 heteroatoms. The average Bonchev–Trinajstić information content (AvgIpc) is 3.35. The number of sulfonamides is 1. The van der Waals surface area contributed by atoms with E-state index >= 15 is 0 Å². The first-order chi connectivity index (χ1) is 13.5. The fourth-order valence-electron chi connectivity index (χ4n) is 2.78. The number of halogens is 1. The Morgan fingerprint density at radius 3 is 2.29 bits per heavy atom. The average molecular weight is 430 g/mol. The molecule has 28 heavy (non-hydrogen) atoms. The molecule has 0 fully saturated rings. The first kappa shape index (κ1) is 18.9. The Labute approximate surface area is 172 Å². The lowest BCUT2D eigenvalue weighted by atomic mass is 10.1. The number of aromatic nitrogens is 2. The van der Waals surface area contributed by atoms with E-state index in [1.807, 2.05) is 66.9 Å². The van der Waals surface area contributed by atoms with Crippen molar-refractivity contribution in [3.63, 3.8) is 0 Å². The molecule has 0 bridgehead atoms. The second kappa shape index (κ2) is 7.89. The molecule has 0 saturated carbocycles. The zero-order valence-electron chi connectivity index (χ0n) is 14.6. The van der Waals surface area contributed by atoms with Crippen molar-refractivity contribution in [3.8, 4) is 16.9 Å². The lowest BCUT2D eigenvalue weighted by Crippen LogP contribution is -2.22. The smallest absolute Gasteiger partial charge is 0.240 e. The number of para-hydroxylation sites is 1. The Bertz CT molecular complexity index is 1190. The first-order valence-electron chi connectivity index (χ1n) is 8.47. The summed E-state index contributed by atoms with van der Waals surface area (Å²) in [7, 11) is -3.64. The lowest BCUT2D eigenvalue weighted by molar-refractivity contribution is 0.583.